The SMILES string of the molecule is CON=C1C=CC(=NCCOc2ccccc2CC2CC3(C2)CN(C)C3)C(N)=C1N. The normalized spacial score (nSPS) is 23.7. The Hall–Kier alpha value is -2.80. The third kappa shape index (κ3) is 4.21. The van der Waals surface area contributed by atoms with Gasteiger partial charge in [-0.3, -0.25) is 4.99 Å². The van der Waals surface area contributed by atoms with Crippen LogP contribution in [0.2, 0.25) is 0 Å². The molecule has 2 aliphatic carbocycles. The molecule has 160 valence electrons. The van der Waals surface area contributed by atoms with Crippen LogP contribution in [-0.2, 0) is 11.3 Å². The van der Waals surface area contributed by atoms with Crippen LogP contribution in [0.5, 0.6) is 5.75 Å². The molecule has 0 atom stereocenters. The molecule has 0 radical (unpaired) electrons. The minimum absolute atomic E-state index is 0.375. The lowest BCUT2D eigenvalue weighted by Crippen LogP contribution is -2.60. The zero-order valence-electron chi connectivity index (χ0n) is 17.8. The summed E-state index contributed by atoms with van der Waals surface area (Å²) >= 11 is 0. The van der Waals surface area contributed by atoms with Crippen LogP contribution in [0.4, 0.5) is 0 Å². The zero-order chi connectivity index (χ0) is 21.1. The van der Waals surface area contributed by atoms with Gasteiger partial charge in [-0.25, -0.2) is 0 Å². The summed E-state index contributed by atoms with van der Waals surface area (Å²) < 4.78 is 6.06. The van der Waals surface area contributed by atoms with Gasteiger partial charge in [0.15, 0.2) is 0 Å². The second-order valence-corrected chi connectivity index (χ2v) is 8.69. The van der Waals surface area contributed by atoms with Crippen molar-refractivity contribution in [1.29, 1.82) is 0 Å². The summed E-state index contributed by atoms with van der Waals surface area (Å²) in [6.07, 6.45) is 7.31. The van der Waals surface area contributed by atoms with Crippen molar-refractivity contribution in [2.75, 3.05) is 40.4 Å². The molecule has 30 heavy (non-hydrogen) atoms. The summed E-state index contributed by atoms with van der Waals surface area (Å²) in [6.45, 7) is 3.51. The van der Waals surface area contributed by atoms with Gasteiger partial charge in [0, 0.05) is 13.1 Å². The lowest BCUT2D eigenvalue weighted by Gasteiger charge is -2.58. The number of hydrogen-bond acceptors (Lipinski definition) is 7. The van der Waals surface area contributed by atoms with Crippen molar-refractivity contribution < 1.29 is 9.57 Å². The molecular weight excluding hydrogens is 378 g/mol. The summed E-state index contributed by atoms with van der Waals surface area (Å²) in [4.78, 5) is 11.7. The highest BCUT2D eigenvalue weighted by molar-refractivity contribution is 6.23. The van der Waals surface area contributed by atoms with Crippen LogP contribution in [0.15, 0.2) is 58.0 Å². The van der Waals surface area contributed by atoms with E-state index < -0.39 is 0 Å². The lowest BCUT2D eigenvalue weighted by molar-refractivity contribution is -0.0811. The summed E-state index contributed by atoms with van der Waals surface area (Å²) in [6, 6.07) is 8.35. The molecule has 1 saturated carbocycles. The number of nitrogens with zero attached hydrogens (tertiary/aromatic N) is 3. The number of hydrogen-bond donors (Lipinski definition) is 2. The summed E-state index contributed by atoms with van der Waals surface area (Å²) in [7, 11) is 3.68. The van der Waals surface area contributed by atoms with Gasteiger partial charge in [-0.05, 0) is 61.4 Å². The van der Waals surface area contributed by atoms with E-state index in [2.05, 4.69) is 34.2 Å². The van der Waals surface area contributed by atoms with Gasteiger partial charge in [-0.15, -0.1) is 0 Å². The van der Waals surface area contributed by atoms with E-state index in [4.69, 9.17) is 21.0 Å². The molecule has 1 saturated heterocycles. The zero-order valence-corrected chi connectivity index (χ0v) is 17.8. The first-order valence-electron chi connectivity index (χ1n) is 10.5. The number of rotatable bonds is 7. The van der Waals surface area contributed by atoms with E-state index in [-0.39, 0.29) is 0 Å². The topological polar surface area (TPSA) is 98.5 Å². The summed E-state index contributed by atoms with van der Waals surface area (Å²) in [5.41, 5.74) is 15.9. The molecule has 1 aliphatic heterocycles. The van der Waals surface area contributed by atoms with Crippen molar-refractivity contribution in [3.63, 3.8) is 0 Å². The minimum Gasteiger partial charge on any atom is -0.491 e. The fourth-order valence-corrected chi connectivity index (χ4v) is 5.04. The Morgan fingerprint density at radius 1 is 1.10 bits per heavy atom. The highest BCUT2D eigenvalue weighted by Gasteiger charge is 2.50. The summed E-state index contributed by atoms with van der Waals surface area (Å²) in [5.74, 6) is 1.73. The van der Waals surface area contributed by atoms with Gasteiger partial charge < -0.3 is 25.9 Å². The molecule has 0 amide bonds. The van der Waals surface area contributed by atoms with Gasteiger partial charge in [0.1, 0.15) is 25.2 Å². The van der Waals surface area contributed by atoms with Crippen LogP contribution in [0.1, 0.15) is 18.4 Å². The number of oxime groups is 1. The van der Waals surface area contributed by atoms with Gasteiger partial charge in [0.25, 0.3) is 0 Å². The van der Waals surface area contributed by atoms with E-state index >= 15 is 0 Å². The first-order valence-corrected chi connectivity index (χ1v) is 10.5. The molecule has 7 heteroatoms. The van der Waals surface area contributed by atoms with Crippen LogP contribution >= 0.6 is 0 Å². The van der Waals surface area contributed by atoms with Crippen molar-refractivity contribution in [3.05, 3.63) is 53.4 Å². The largest absolute Gasteiger partial charge is 0.491 e. The highest BCUT2D eigenvalue weighted by Crippen LogP contribution is 2.52. The molecule has 4 rings (SSSR count). The fourth-order valence-electron chi connectivity index (χ4n) is 5.04. The maximum absolute atomic E-state index is 6.08. The molecule has 1 aromatic rings. The number of allylic oxidation sites excluding steroid dienone is 2. The Morgan fingerprint density at radius 3 is 2.53 bits per heavy atom. The van der Waals surface area contributed by atoms with E-state index in [0.717, 1.165) is 18.1 Å². The van der Waals surface area contributed by atoms with Crippen molar-refractivity contribution in [2.45, 2.75) is 19.3 Å². The predicted octanol–water partition coefficient (Wildman–Crippen LogP) is 2.09. The Labute approximate surface area is 178 Å². The van der Waals surface area contributed by atoms with E-state index in [1.54, 1.807) is 12.2 Å². The first kappa shape index (κ1) is 20.5. The van der Waals surface area contributed by atoms with Crippen LogP contribution in [0, 0.1) is 11.3 Å². The van der Waals surface area contributed by atoms with E-state index in [9.17, 15) is 0 Å². The number of nitrogens with two attached hydrogens (primary N) is 2. The first-order chi connectivity index (χ1) is 14.5. The van der Waals surface area contributed by atoms with Crippen molar-refractivity contribution >= 4 is 11.4 Å². The standard InChI is InChI=1S/C23H31N5O2/c1-28-14-23(15-28)12-16(13-23)11-17-5-3-4-6-20(17)30-10-9-26-18-7-8-19(27-29-2)22(25)21(18)24/h3-8,16H,9-15,24-25H2,1-2H3. The molecule has 0 unspecified atom stereocenters. The number of benzene rings is 1. The Balaban J connectivity index is 1.29. The second kappa shape index (κ2) is 8.52. The molecule has 7 nitrogen and oxygen atoms in total. The van der Waals surface area contributed by atoms with Gasteiger partial charge in [0.2, 0.25) is 0 Å². The van der Waals surface area contributed by atoms with Gasteiger partial charge in [-0.1, -0.05) is 23.4 Å². The molecule has 0 bridgehead atoms. The average Bonchev–Trinajstić information content (AvgIpc) is 2.68. The maximum atomic E-state index is 6.08. The van der Waals surface area contributed by atoms with Crippen molar-refractivity contribution in [3.8, 4) is 5.75 Å². The third-order valence-electron chi connectivity index (χ3n) is 6.20. The highest BCUT2D eigenvalue weighted by atomic mass is 16.6. The molecule has 0 aromatic heterocycles. The molecule has 1 aromatic carbocycles. The number of para-hydroxylation sites is 1. The Kier molecular flexibility index (Phi) is 5.81. The van der Waals surface area contributed by atoms with E-state index in [1.807, 2.05) is 12.1 Å². The fraction of sp³-hybridized carbons (Fsp3) is 0.478. The Bertz CT molecular complexity index is 904. The third-order valence-corrected chi connectivity index (χ3v) is 6.20. The van der Waals surface area contributed by atoms with Crippen LogP contribution < -0.4 is 16.2 Å². The van der Waals surface area contributed by atoms with Crippen LogP contribution in [0.25, 0.3) is 0 Å². The number of ether oxygens (including phenoxy) is 1. The monoisotopic (exact) mass is 409 g/mol. The lowest BCUT2D eigenvalue weighted by atomic mass is 9.56. The van der Waals surface area contributed by atoms with Crippen molar-refractivity contribution in [2.24, 2.45) is 32.9 Å². The number of aliphatic imine (C=N–C) groups is 1. The van der Waals surface area contributed by atoms with Crippen LogP contribution in [-0.4, -0.2) is 56.7 Å². The quantitative estimate of drug-likeness (QED) is 0.408. The molecular formula is C23H31N5O2. The smallest absolute Gasteiger partial charge is 0.128 e. The Morgan fingerprint density at radius 2 is 1.80 bits per heavy atom. The number of likely N-dealkylation sites (tertiary alicyclic amines) is 1. The molecule has 1 heterocycles. The average molecular weight is 410 g/mol. The summed E-state index contributed by atoms with van der Waals surface area (Å²) in [5, 5.41) is 3.84. The predicted molar refractivity (Wildman–Crippen MR) is 120 cm³/mol. The molecule has 1 spiro atoms. The minimum atomic E-state index is 0.375. The molecule has 4 N–H and O–H groups in total. The van der Waals surface area contributed by atoms with Gasteiger partial charge in [-0.2, -0.15) is 0 Å². The molecule has 3 aliphatic rings. The van der Waals surface area contributed by atoms with Crippen LogP contribution in [0.3, 0.4) is 0 Å². The van der Waals surface area contributed by atoms with Gasteiger partial charge in [0.05, 0.1) is 23.7 Å². The van der Waals surface area contributed by atoms with E-state index in [0.29, 0.717) is 41.4 Å². The molecule has 2 fully saturated rings. The second-order valence-electron chi connectivity index (χ2n) is 8.69. The van der Waals surface area contributed by atoms with Crippen molar-refractivity contribution in [1.82, 2.24) is 4.90 Å². The van der Waals surface area contributed by atoms with Gasteiger partial charge >= 0.3 is 0 Å². The van der Waals surface area contributed by atoms with E-state index in [1.165, 1.54) is 38.6 Å². The maximum Gasteiger partial charge on any atom is 0.128 e.